The molecule has 0 fully saturated rings. The van der Waals surface area contributed by atoms with E-state index in [1.807, 2.05) is 6.08 Å². The van der Waals surface area contributed by atoms with Crippen molar-refractivity contribution >= 4 is 12.4 Å². The normalized spacial score (nSPS) is 19.9. The molecule has 0 saturated carbocycles. The molecule has 1 N–H and O–H groups in total. The van der Waals surface area contributed by atoms with Gasteiger partial charge >= 0.3 is 0 Å². The summed E-state index contributed by atoms with van der Waals surface area (Å²) in [4.78, 5) is 0. The molecule has 0 saturated heterocycles. The first kappa shape index (κ1) is 7.00. The number of hydrogen-bond donors (Lipinski definition) is 1. The van der Waals surface area contributed by atoms with Crippen molar-refractivity contribution in [3.8, 4) is 0 Å². The van der Waals surface area contributed by atoms with Gasteiger partial charge in [-0.25, -0.2) is 5.06 Å². The molecule has 0 bridgehead atoms. The molecule has 2 heterocycles. The van der Waals surface area contributed by atoms with Crippen molar-refractivity contribution in [2.24, 2.45) is 10.2 Å². The first-order chi connectivity index (χ1) is 5.88. The van der Waals surface area contributed by atoms with Crippen LogP contribution in [0.4, 0.5) is 0 Å². The Balaban J connectivity index is 2.40. The predicted octanol–water partition coefficient (Wildman–Crippen LogP) is 1.09. The van der Waals surface area contributed by atoms with Crippen molar-refractivity contribution in [3.05, 3.63) is 35.7 Å². The first-order valence-corrected chi connectivity index (χ1v) is 3.51. The van der Waals surface area contributed by atoms with Gasteiger partial charge in [0.2, 0.25) is 0 Å². The summed E-state index contributed by atoms with van der Waals surface area (Å²) < 4.78 is 0. The first-order valence-electron chi connectivity index (χ1n) is 3.51. The molecule has 0 aromatic carbocycles. The van der Waals surface area contributed by atoms with Crippen LogP contribution < -0.4 is 0 Å². The standard InChI is InChI=1S/C8H7N3O/c12-11-4-2-1-3-8(11)7-5-9-10-6-7/h1-6,12H. The van der Waals surface area contributed by atoms with Gasteiger partial charge in [-0.3, -0.25) is 5.21 Å². The molecule has 0 spiro atoms. The summed E-state index contributed by atoms with van der Waals surface area (Å²) in [6, 6.07) is 0. The van der Waals surface area contributed by atoms with Crippen molar-refractivity contribution < 1.29 is 5.21 Å². The van der Waals surface area contributed by atoms with Crippen LogP contribution in [0.1, 0.15) is 0 Å². The maximum absolute atomic E-state index is 9.34. The highest BCUT2D eigenvalue weighted by molar-refractivity contribution is 6.07. The summed E-state index contributed by atoms with van der Waals surface area (Å²) in [5.74, 6) is 0. The second-order valence-corrected chi connectivity index (χ2v) is 2.37. The second kappa shape index (κ2) is 2.75. The van der Waals surface area contributed by atoms with E-state index in [1.165, 1.54) is 0 Å². The molecule has 0 aromatic rings. The van der Waals surface area contributed by atoms with E-state index in [1.54, 1.807) is 30.8 Å². The van der Waals surface area contributed by atoms with Crippen LogP contribution in [0.3, 0.4) is 0 Å². The maximum atomic E-state index is 9.34. The van der Waals surface area contributed by atoms with Gasteiger partial charge in [-0.05, 0) is 12.2 Å². The smallest absolute Gasteiger partial charge is 0.0790 e. The Labute approximate surface area is 69.5 Å². The average Bonchev–Trinajstić information content (AvgIpc) is 2.57. The molecule has 4 heteroatoms. The van der Waals surface area contributed by atoms with Gasteiger partial charge in [-0.2, -0.15) is 10.2 Å². The van der Waals surface area contributed by atoms with E-state index in [9.17, 15) is 5.21 Å². The van der Waals surface area contributed by atoms with Gasteiger partial charge in [-0.15, -0.1) is 0 Å². The predicted molar refractivity (Wildman–Crippen MR) is 45.9 cm³/mol. The topological polar surface area (TPSA) is 48.2 Å². The molecule has 2 aliphatic heterocycles. The van der Waals surface area contributed by atoms with E-state index in [-0.39, 0.29) is 0 Å². The van der Waals surface area contributed by atoms with E-state index in [0.717, 1.165) is 10.6 Å². The zero-order valence-electron chi connectivity index (χ0n) is 6.25. The monoisotopic (exact) mass is 161 g/mol. The Kier molecular flexibility index (Phi) is 1.60. The van der Waals surface area contributed by atoms with Crippen LogP contribution in [0.25, 0.3) is 0 Å². The fourth-order valence-electron chi connectivity index (χ4n) is 1.02. The van der Waals surface area contributed by atoms with Gasteiger partial charge in [0.25, 0.3) is 0 Å². The molecule has 60 valence electrons. The Bertz CT molecular complexity index is 322. The summed E-state index contributed by atoms with van der Waals surface area (Å²) in [7, 11) is 0. The molecule has 0 amide bonds. The Morgan fingerprint density at radius 1 is 1.17 bits per heavy atom. The third-order valence-corrected chi connectivity index (χ3v) is 1.60. The molecule has 2 aliphatic rings. The van der Waals surface area contributed by atoms with E-state index >= 15 is 0 Å². The summed E-state index contributed by atoms with van der Waals surface area (Å²) in [5.41, 5.74) is 1.49. The molecule has 0 aromatic heterocycles. The van der Waals surface area contributed by atoms with Gasteiger partial charge in [0, 0.05) is 11.8 Å². The molecule has 0 aliphatic carbocycles. The van der Waals surface area contributed by atoms with E-state index in [0.29, 0.717) is 5.70 Å². The minimum atomic E-state index is 0.683. The van der Waals surface area contributed by atoms with Crippen molar-refractivity contribution in [2.75, 3.05) is 0 Å². The molecule has 4 nitrogen and oxygen atoms in total. The van der Waals surface area contributed by atoms with Crippen LogP contribution >= 0.6 is 0 Å². The van der Waals surface area contributed by atoms with Crippen LogP contribution in [0.5, 0.6) is 0 Å². The zero-order valence-corrected chi connectivity index (χ0v) is 6.25. The summed E-state index contributed by atoms with van der Waals surface area (Å²) >= 11 is 0. The van der Waals surface area contributed by atoms with E-state index in [2.05, 4.69) is 10.2 Å². The zero-order chi connectivity index (χ0) is 8.39. The highest BCUT2D eigenvalue weighted by Crippen LogP contribution is 2.14. The largest absolute Gasteiger partial charge is 0.284 e. The number of hydrogen-bond acceptors (Lipinski definition) is 4. The number of rotatable bonds is 0. The molecule has 0 atom stereocenters. The molecule has 2 rings (SSSR count). The average molecular weight is 161 g/mol. The fourth-order valence-corrected chi connectivity index (χ4v) is 1.02. The lowest BCUT2D eigenvalue weighted by Crippen LogP contribution is -2.14. The van der Waals surface area contributed by atoms with Gasteiger partial charge < -0.3 is 0 Å². The Morgan fingerprint density at radius 3 is 2.58 bits per heavy atom. The van der Waals surface area contributed by atoms with E-state index < -0.39 is 0 Å². The number of allylic oxidation sites excluding steroid dienone is 4. The van der Waals surface area contributed by atoms with Crippen molar-refractivity contribution in [2.45, 2.75) is 0 Å². The van der Waals surface area contributed by atoms with E-state index in [4.69, 9.17) is 0 Å². The lowest BCUT2D eigenvalue weighted by Gasteiger charge is -2.15. The van der Waals surface area contributed by atoms with Crippen LogP contribution in [-0.4, -0.2) is 22.7 Å². The SMILES string of the molecule is ON1C=CC=CC1=C1C=NN=C1. The van der Waals surface area contributed by atoms with Crippen molar-refractivity contribution in [1.29, 1.82) is 0 Å². The maximum Gasteiger partial charge on any atom is 0.0790 e. The number of nitrogens with zero attached hydrogens (tertiary/aromatic N) is 3. The van der Waals surface area contributed by atoms with Crippen molar-refractivity contribution in [1.82, 2.24) is 5.06 Å². The summed E-state index contributed by atoms with van der Waals surface area (Å²) in [6.07, 6.45) is 10.1. The van der Waals surface area contributed by atoms with Crippen LogP contribution in [0.2, 0.25) is 0 Å². The quantitative estimate of drug-likeness (QED) is 0.578. The summed E-state index contributed by atoms with van der Waals surface area (Å²) in [6.45, 7) is 0. The van der Waals surface area contributed by atoms with Crippen LogP contribution in [0.15, 0.2) is 45.9 Å². The lowest BCUT2D eigenvalue weighted by atomic mass is 10.2. The van der Waals surface area contributed by atoms with Crippen molar-refractivity contribution in [3.63, 3.8) is 0 Å². The highest BCUT2D eigenvalue weighted by atomic mass is 16.5. The third-order valence-electron chi connectivity index (χ3n) is 1.60. The molecular weight excluding hydrogens is 154 g/mol. The van der Waals surface area contributed by atoms with Gasteiger partial charge in [0.05, 0.1) is 18.1 Å². The minimum absolute atomic E-state index is 0.683. The lowest BCUT2D eigenvalue weighted by molar-refractivity contribution is -0.000422. The molecule has 12 heavy (non-hydrogen) atoms. The van der Waals surface area contributed by atoms with Crippen LogP contribution in [-0.2, 0) is 0 Å². The fraction of sp³-hybridized carbons (Fsp3) is 0. The Morgan fingerprint density at radius 2 is 1.92 bits per heavy atom. The third kappa shape index (κ3) is 1.08. The highest BCUT2D eigenvalue weighted by Gasteiger charge is 2.09. The van der Waals surface area contributed by atoms with Gasteiger partial charge in [0.1, 0.15) is 0 Å². The van der Waals surface area contributed by atoms with Gasteiger partial charge in [-0.1, -0.05) is 6.08 Å². The molecule has 0 unspecified atom stereocenters. The minimum Gasteiger partial charge on any atom is -0.284 e. The van der Waals surface area contributed by atoms with Crippen LogP contribution in [0, 0.1) is 0 Å². The molecular formula is C8H7N3O. The Hall–Kier alpha value is -1.68. The second-order valence-electron chi connectivity index (χ2n) is 2.37. The van der Waals surface area contributed by atoms with Gasteiger partial charge in [0.15, 0.2) is 0 Å². The summed E-state index contributed by atoms with van der Waals surface area (Å²) in [5, 5.41) is 17.7. The number of hydroxylamine groups is 2. The molecule has 0 radical (unpaired) electrons.